The summed E-state index contributed by atoms with van der Waals surface area (Å²) in [5, 5.41) is 0. The summed E-state index contributed by atoms with van der Waals surface area (Å²) in [5.41, 5.74) is 0. The molecule has 128 valence electrons. The molecule has 0 atom stereocenters. The van der Waals surface area contributed by atoms with E-state index in [9.17, 15) is 18.0 Å². The lowest BCUT2D eigenvalue weighted by Crippen LogP contribution is -2.19. The zero-order chi connectivity index (χ0) is 16.8. The summed E-state index contributed by atoms with van der Waals surface area (Å²) >= 11 is 0. The van der Waals surface area contributed by atoms with E-state index in [0.717, 1.165) is 32.4 Å². The third kappa shape index (κ3) is 5.80. The van der Waals surface area contributed by atoms with E-state index >= 15 is 0 Å². The first-order valence-corrected chi connectivity index (χ1v) is 8.91. The molecule has 3 heterocycles. The Bertz CT molecular complexity index is 470. The van der Waals surface area contributed by atoms with Crippen LogP contribution < -0.4 is 0 Å². The summed E-state index contributed by atoms with van der Waals surface area (Å²) in [6.07, 6.45) is 2.39. The zero-order valence-corrected chi connectivity index (χ0v) is 14.3. The molecule has 0 N–H and O–H groups in total. The van der Waals surface area contributed by atoms with Crippen LogP contribution in [0.25, 0.3) is 0 Å². The summed E-state index contributed by atoms with van der Waals surface area (Å²) < 4.78 is 27.3. The van der Waals surface area contributed by atoms with Crippen LogP contribution in [0.1, 0.15) is 19.3 Å². The molecule has 9 heteroatoms. The van der Waals surface area contributed by atoms with Crippen LogP contribution in [0.5, 0.6) is 0 Å². The van der Waals surface area contributed by atoms with E-state index in [0.29, 0.717) is 24.8 Å². The molecule has 0 radical (unpaired) electrons. The number of cyclic esters (lactones) is 1. The number of hydrogen-bond donors (Lipinski definition) is 0. The number of ether oxygens (including phenoxy) is 1. The molecule has 0 aromatic carbocycles. The molecule has 0 aliphatic carbocycles. The minimum Gasteiger partial charge on any atom is -0.448 e. The number of amides is 2. The first kappa shape index (κ1) is 18.7. The van der Waals surface area contributed by atoms with Crippen molar-refractivity contribution in [3.05, 3.63) is 0 Å². The molecule has 22 heavy (non-hydrogen) atoms. The lowest BCUT2D eigenvalue weighted by atomic mass is 10.4. The van der Waals surface area contributed by atoms with Gasteiger partial charge in [0, 0.05) is 40.7 Å². The van der Waals surface area contributed by atoms with Crippen molar-refractivity contribution in [1.82, 2.24) is 14.1 Å². The Hall–Kier alpha value is -1.35. The Balaban J connectivity index is 0.000000166. The SMILES string of the molecule is CN1CCCC1=O.CN1CCCS1(=O)=O.CN1CCOC1=O. The average molecular weight is 335 g/mol. The van der Waals surface area contributed by atoms with Crippen LogP contribution in [0.2, 0.25) is 0 Å². The maximum Gasteiger partial charge on any atom is 0.409 e. The molecular weight excluding hydrogens is 310 g/mol. The average Bonchev–Trinajstić information content (AvgIpc) is 3.09. The Morgan fingerprint density at radius 3 is 1.77 bits per heavy atom. The van der Waals surface area contributed by atoms with E-state index in [1.807, 2.05) is 7.05 Å². The number of carbonyl (C=O) groups is 2. The van der Waals surface area contributed by atoms with Gasteiger partial charge in [-0.25, -0.2) is 17.5 Å². The van der Waals surface area contributed by atoms with Crippen molar-refractivity contribution >= 4 is 22.0 Å². The molecule has 2 amide bonds. The molecule has 0 saturated carbocycles. The van der Waals surface area contributed by atoms with Gasteiger partial charge in [-0.1, -0.05) is 0 Å². The summed E-state index contributed by atoms with van der Waals surface area (Å²) in [5.74, 6) is 0.628. The molecule has 0 aromatic rings. The molecule has 3 rings (SSSR count). The molecule has 0 spiro atoms. The van der Waals surface area contributed by atoms with Gasteiger partial charge < -0.3 is 14.5 Å². The predicted octanol–water partition coefficient (Wildman–Crippen LogP) is -0.0413. The van der Waals surface area contributed by atoms with E-state index in [1.54, 1.807) is 23.9 Å². The topological polar surface area (TPSA) is 87.2 Å². The standard InChI is InChI=1S/C5H9NO.C4H9NO2S.C4H7NO2/c1-6-4-2-3-5(6)7;1-5-3-2-4-8(5,6)7;1-5-2-3-7-4(5)6/h2-4H2,1H3;2-4H2,1H3;2-3H2,1H3. The van der Waals surface area contributed by atoms with Crippen molar-refractivity contribution in [3.63, 3.8) is 0 Å². The third-order valence-corrected chi connectivity index (χ3v) is 5.56. The predicted molar refractivity (Wildman–Crippen MR) is 81.9 cm³/mol. The Morgan fingerprint density at radius 1 is 0.955 bits per heavy atom. The van der Waals surface area contributed by atoms with E-state index in [4.69, 9.17) is 0 Å². The van der Waals surface area contributed by atoms with Crippen molar-refractivity contribution in [2.75, 3.05) is 53.1 Å². The second kappa shape index (κ2) is 8.33. The monoisotopic (exact) mass is 335 g/mol. The quantitative estimate of drug-likeness (QED) is 0.620. The van der Waals surface area contributed by atoms with Gasteiger partial charge in [-0.3, -0.25) is 4.79 Å². The van der Waals surface area contributed by atoms with E-state index in [-0.39, 0.29) is 6.09 Å². The number of hydrogen-bond acceptors (Lipinski definition) is 5. The fraction of sp³-hybridized carbons (Fsp3) is 0.846. The minimum atomic E-state index is -2.79. The largest absolute Gasteiger partial charge is 0.448 e. The van der Waals surface area contributed by atoms with Gasteiger partial charge in [0.05, 0.1) is 12.3 Å². The molecule has 3 aliphatic rings. The maximum atomic E-state index is 10.7. The number of nitrogens with zero attached hydrogens (tertiary/aromatic N) is 3. The van der Waals surface area contributed by atoms with Crippen LogP contribution >= 0.6 is 0 Å². The normalized spacial score (nSPS) is 23.6. The van der Waals surface area contributed by atoms with Crippen molar-refractivity contribution in [2.45, 2.75) is 19.3 Å². The Morgan fingerprint density at radius 2 is 1.64 bits per heavy atom. The lowest BCUT2D eigenvalue weighted by molar-refractivity contribution is -0.126. The fourth-order valence-electron chi connectivity index (χ4n) is 2.02. The summed E-state index contributed by atoms with van der Waals surface area (Å²) in [7, 11) is 2.38. The van der Waals surface area contributed by atoms with Gasteiger partial charge in [-0.05, 0) is 12.8 Å². The molecule has 3 aliphatic heterocycles. The second-order valence-electron chi connectivity index (χ2n) is 5.45. The van der Waals surface area contributed by atoms with E-state index in [1.165, 1.54) is 4.31 Å². The van der Waals surface area contributed by atoms with Gasteiger partial charge in [-0.15, -0.1) is 0 Å². The molecule has 0 unspecified atom stereocenters. The number of likely N-dealkylation sites (N-methyl/N-ethyl adjacent to an activating group) is 1. The van der Waals surface area contributed by atoms with E-state index < -0.39 is 10.0 Å². The third-order valence-electron chi connectivity index (χ3n) is 3.62. The molecule has 0 bridgehead atoms. The molecule has 3 fully saturated rings. The van der Waals surface area contributed by atoms with Crippen molar-refractivity contribution in [2.24, 2.45) is 0 Å². The van der Waals surface area contributed by atoms with Crippen LogP contribution in [0, 0.1) is 0 Å². The van der Waals surface area contributed by atoms with Gasteiger partial charge in [0.25, 0.3) is 0 Å². The summed E-state index contributed by atoms with van der Waals surface area (Å²) in [6, 6.07) is 0. The molecule has 0 aromatic heterocycles. The first-order chi connectivity index (χ1) is 10.2. The fourth-order valence-corrected chi connectivity index (χ4v) is 3.23. The second-order valence-corrected chi connectivity index (χ2v) is 7.64. The van der Waals surface area contributed by atoms with Gasteiger partial charge >= 0.3 is 6.09 Å². The Kier molecular flexibility index (Phi) is 7.08. The smallest absolute Gasteiger partial charge is 0.409 e. The van der Waals surface area contributed by atoms with Gasteiger partial charge in [0.1, 0.15) is 6.61 Å². The van der Waals surface area contributed by atoms with Gasteiger partial charge in [-0.2, -0.15) is 0 Å². The van der Waals surface area contributed by atoms with Crippen LogP contribution in [-0.4, -0.2) is 87.7 Å². The maximum absolute atomic E-state index is 10.7. The van der Waals surface area contributed by atoms with Gasteiger partial charge in [0.2, 0.25) is 15.9 Å². The van der Waals surface area contributed by atoms with Crippen LogP contribution in [0.15, 0.2) is 0 Å². The number of sulfonamides is 1. The highest BCUT2D eigenvalue weighted by atomic mass is 32.2. The van der Waals surface area contributed by atoms with Crippen molar-refractivity contribution < 1.29 is 22.7 Å². The van der Waals surface area contributed by atoms with Crippen LogP contribution in [-0.2, 0) is 19.6 Å². The van der Waals surface area contributed by atoms with Gasteiger partial charge in [0.15, 0.2) is 0 Å². The molecule has 3 saturated heterocycles. The number of carbonyl (C=O) groups excluding carboxylic acids is 2. The first-order valence-electron chi connectivity index (χ1n) is 7.30. The minimum absolute atomic E-state index is 0.208. The highest BCUT2D eigenvalue weighted by molar-refractivity contribution is 7.89. The zero-order valence-electron chi connectivity index (χ0n) is 13.4. The highest BCUT2D eigenvalue weighted by Gasteiger charge is 2.23. The van der Waals surface area contributed by atoms with Crippen molar-refractivity contribution in [1.29, 1.82) is 0 Å². The lowest BCUT2D eigenvalue weighted by Gasteiger charge is -2.03. The van der Waals surface area contributed by atoms with Crippen molar-refractivity contribution in [3.8, 4) is 0 Å². The van der Waals surface area contributed by atoms with E-state index in [2.05, 4.69) is 4.74 Å². The Labute approximate surface area is 132 Å². The van der Waals surface area contributed by atoms with Crippen LogP contribution in [0.4, 0.5) is 4.79 Å². The van der Waals surface area contributed by atoms with Crippen LogP contribution in [0.3, 0.4) is 0 Å². The summed E-state index contributed by atoms with van der Waals surface area (Å²) in [4.78, 5) is 24.1. The number of likely N-dealkylation sites (tertiary alicyclic amines) is 1. The highest BCUT2D eigenvalue weighted by Crippen LogP contribution is 2.08. The number of rotatable bonds is 0. The molecule has 8 nitrogen and oxygen atoms in total. The summed E-state index contributed by atoms with van der Waals surface area (Å²) in [6.45, 7) is 2.94. The molecular formula is C13H25N3O5S.